The van der Waals surface area contributed by atoms with E-state index < -0.39 is 29.7 Å². The summed E-state index contributed by atoms with van der Waals surface area (Å²) in [6.07, 6.45) is 0. The quantitative estimate of drug-likeness (QED) is 0.471. The third kappa shape index (κ3) is 4.45. The number of methoxy groups -OCH3 is 2. The van der Waals surface area contributed by atoms with Crippen LogP contribution in [0.3, 0.4) is 0 Å². The van der Waals surface area contributed by atoms with Gasteiger partial charge in [-0.05, 0) is 25.1 Å². The van der Waals surface area contributed by atoms with Crippen molar-refractivity contribution >= 4 is 29.3 Å². The number of hydrogen-bond donors (Lipinski definition) is 1. The molecule has 0 heterocycles. The molecule has 128 valence electrons. The highest BCUT2D eigenvalue weighted by Gasteiger charge is 2.22. The number of nitrogens with one attached hydrogen (secondary N) is 1. The van der Waals surface area contributed by atoms with Gasteiger partial charge in [-0.1, -0.05) is 0 Å². The number of carbonyl (C=O) groups is 4. The molecule has 0 bridgehead atoms. The maximum absolute atomic E-state index is 11.8. The predicted molar refractivity (Wildman–Crippen MR) is 82.2 cm³/mol. The van der Waals surface area contributed by atoms with Crippen LogP contribution in [0.4, 0.5) is 5.69 Å². The summed E-state index contributed by atoms with van der Waals surface area (Å²) in [4.78, 5) is 46.5. The Balaban J connectivity index is 3.34. The molecule has 0 aliphatic carbocycles. The summed E-state index contributed by atoms with van der Waals surface area (Å²) in [6.45, 7) is 1.19. The molecule has 1 unspecified atom stereocenters. The first-order valence-electron chi connectivity index (χ1n) is 6.79. The molecule has 1 rings (SSSR count). The van der Waals surface area contributed by atoms with Crippen LogP contribution < -0.4 is 5.32 Å². The highest BCUT2D eigenvalue weighted by molar-refractivity contribution is 6.04. The van der Waals surface area contributed by atoms with Gasteiger partial charge in [-0.15, -0.1) is 0 Å². The van der Waals surface area contributed by atoms with E-state index in [2.05, 4.69) is 25.0 Å². The number of amides is 1. The van der Waals surface area contributed by atoms with Gasteiger partial charge in [-0.3, -0.25) is 9.59 Å². The van der Waals surface area contributed by atoms with Crippen LogP contribution in [0.5, 0.6) is 0 Å². The largest absolute Gasteiger partial charge is 0.465 e. The maximum Gasteiger partial charge on any atom is 0.340 e. The molecule has 24 heavy (non-hydrogen) atoms. The second-order valence-electron chi connectivity index (χ2n) is 4.56. The van der Waals surface area contributed by atoms with E-state index in [-0.39, 0.29) is 16.8 Å². The molecular formula is C15H17N3O6. The van der Waals surface area contributed by atoms with Crippen LogP contribution >= 0.6 is 0 Å². The lowest BCUT2D eigenvalue weighted by atomic mass is 10.1. The maximum atomic E-state index is 11.8. The van der Waals surface area contributed by atoms with E-state index >= 15 is 0 Å². The number of carbonyl (C=O) groups excluding carboxylic acids is 4. The molecule has 0 aliphatic heterocycles. The SMILES string of the molecule is CNC(=O)C(N=Nc1cc(C(=O)OC)ccc1C(=O)OC)C(C)=O. The Morgan fingerprint density at radius 1 is 1.08 bits per heavy atom. The van der Waals surface area contributed by atoms with Gasteiger partial charge in [-0.25, -0.2) is 9.59 Å². The number of hydrogen-bond acceptors (Lipinski definition) is 8. The molecule has 9 heteroatoms. The minimum absolute atomic E-state index is 0.0214. The van der Waals surface area contributed by atoms with Crippen LogP contribution in [-0.4, -0.2) is 50.9 Å². The number of Topliss-reactive ketones (excluding diaryl/α,β-unsaturated/α-hetero) is 1. The van der Waals surface area contributed by atoms with Crippen molar-refractivity contribution in [2.45, 2.75) is 13.0 Å². The summed E-state index contributed by atoms with van der Waals surface area (Å²) in [5, 5.41) is 9.74. The summed E-state index contributed by atoms with van der Waals surface area (Å²) in [5.41, 5.74) is 0.117. The second kappa shape index (κ2) is 8.51. The molecule has 0 aromatic heterocycles. The molecule has 0 spiro atoms. The van der Waals surface area contributed by atoms with Gasteiger partial charge in [0.1, 0.15) is 5.69 Å². The van der Waals surface area contributed by atoms with E-state index in [0.29, 0.717) is 0 Å². The number of azo groups is 1. The van der Waals surface area contributed by atoms with Gasteiger partial charge in [0.15, 0.2) is 5.78 Å². The van der Waals surface area contributed by atoms with Crippen molar-refractivity contribution in [2.75, 3.05) is 21.3 Å². The van der Waals surface area contributed by atoms with Gasteiger partial charge in [0.05, 0.1) is 25.3 Å². The standard InChI is InChI=1S/C15H17N3O6/c1-8(19)12(13(20)16-2)18-17-11-7-9(14(21)23-3)5-6-10(11)15(22)24-4/h5-7,12H,1-4H3,(H,16,20). The molecule has 0 aliphatic rings. The molecule has 0 saturated heterocycles. The summed E-state index contributed by atoms with van der Waals surface area (Å²) >= 11 is 0. The molecule has 0 saturated carbocycles. The third-order valence-electron chi connectivity index (χ3n) is 2.98. The van der Waals surface area contributed by atoms with E-state index in [9.17, 15) is 19.2 Å². The molecule has 9 nitrogen and oxygen atoms in total. The van der Waals surface area contributed by atoms with E-state index in [1.165, 1.54) is 46.4 Å². The topological polar surface area (TPSA) is 123 Å². The number of benzene rings is 1. The van der Waals surface area contributed by atoms with E-state index in [1.807, 2.05) is 0 Å². The molecule has 1 amide bonds. The Morgan fingerprint density at radius 3 is 2.21 bits per heavy atom. The van der Waals surface area contributed by atoms with Crippen molar-refractivity contribution in [3.63, 3.8) is 0 Å². The Hall–Kier alpha value is -3.10. The van der Waals surface area contributed by atoms with Crippen molar-refractivity contribution in [2.24, 2.45) is 10.2 Å². The zero-order valence-electron chi connectivity index (χ0n) is 13.7. The van der Waals surface area contributed by atoms with Gasteiger partial charge in [0.25, 0.3) is 5.91 Å². The molecule has 1 aromatic rings. The van der Waals surface area contributed by atoms with E-state index in [4.69, 9.17) is 0 Å². The molecule has 1 atom stereocenters. The van der Waals surface area contributed by atoms with Crippen LogP contribution in [-0.2, 0) is 19.1 Å². The van der Waals surface area contributed by atoms with Gasteiger partial charge in [0.2, 0.25) is 6.04 Å². The Labute approximate surface area is 138 Å². The summed E-state index contributed by atoms with van der Waals surface area (Å²) in [5.74, 6) is -2.52. The summed E-state index contributed by atoms with van der Waals surface area (Å²) in [7, 11) is 3.74. The van der Waals surface area contributed by atoms with Crippen molar-refractivity contribution in [1.29, 1.82) is 0 Å². The highest BCUT2D eigenvalue weighted by Crippen LogP contribution is 2.23. The molecular weight excluding hydrogens is 318 g/mol. The van der Waals surface area contributed by atoms with Crippen molar-refractivity contribution in [1.82, 2.24) is 5.32 Å². The molecule has 0 radical (unpaired) electrons. The van der Waals surface area contributed by atoms with E-state index in [0.717, 1.165) is 0 Å². The minimum atomic E-state index is -1.36. The first-order chi connectivity index (χ1) is 11.3. The van der Waals surface area contributed by atoms with Gasteiger partial charge in [0, 0.05) is 7.05 Å². The first-order valence-corrected chi connectivity index (χ1v) is 6.79. The number of likely N-dealkylation sites (N-methyl/N-ethyl adjacent to an activating group) is 1. The Bertz CT molecular complexity index is 698. The number of ketones is 1. The molecule has 1 N–H and O–H groups in total. The average molecular weight is 335 g/mol. The average Bonchev–Trinajstić information content (AvgIpc) is 2.59. The van der Waals surface area contributed by atoms with Crippen LogP contribution in [0.2, 0.25) is 0 Å². The van der Waals surface area contributed by atoms with E-state index in [1.54, 1.807) is 0 Å². The monoisotopic (exact) mass is 335 g/mol. The Morgan fingerprint density at radius 2 is 1.71 bits per heavy atom. The number of esters is 2. The van der Waals surface area contributed by atoms with Gasteiger partial charge in [-0.2, -0.15) is 10.2 Å². The fourth-order valence-electron chi connectivity index (χ4n) is 1.72. The third-order valence-corrected chi connectivity index (χ3v) is 2.98. The van der Waals surface area contributed by atoms with Gasteiger partial charge < -0.3 is 14.8 Å². The Kier molecular flexibility index (Phi) is 6.72. The van der Waals surface area contributed by atoms with Gasteiger partial charge >= 0.3 is 11.9 Å². The highest BCUT2D eigenvalue weighted by atomic mass is 16.5. The smallest absolute Gasteiger partial charge is 0.340 e. The second-order valence-corrected chi connectivity index (χ2v) is 4.56. The zero-order valence-corrected chi connectivity index (χ0v) is 13.7. The normalized spacial score (nSPS) is 11.7. The lowest BCUT2D eigenvalue weighted by molar-refractivity contribution is -0.128. The minimum Gasteiger partial charge on any atom is -0.465 e. The molecule has 0 fully saturated rings. The lowest BCUT2D eigenvalue weighted by Crippen LogP contribution is -2.35. The zero-order chi connectivity index (χ0) is 18.3. The predicted octanol–water partition coefficient (Wildman–Crippen LogP) is 1.05. The lowest BCUT2D eigenvalue weighted by Gasteiger charge is -2.08. The summed E-state index contributed by atoms with van der Waals surface area (Å²) < 4.78 is 9.22. The van der Waals surface area contributed by atoms with Crippen molar-refractivity contribution in [3.8, 4) is 0 Å². The fraction of sp³-hybridized carbons (Fsp3) is 0.333. The van der Waals surface area contributed by atoms with Crippen LogP contribution in [0.1, 0.15) is 27.6 Å². The first kappa shape index (κ1) is 18.9. The number of rotatable bonds is 6. The van der Waals surface area contributed by atoms with Crippen LogP contribution in [0.25, 0.3) is 0 Å². The summed E-state index contributed by atoms with van der Waals surface area (Å²) in [6, 6.07) is 2.57. The number of ether oxygens (including phenoxy) is 2. The number of nitrogens with zero attached hydrogens (tertiary/aromatic N) is 2. The molecule has 1 aromatic carbocycles. The van der Waals surface area contributed by atoms with Crippen LogP contribution in [0.15, 0.2) is 28.4 Å². The van der Waals surface area contributed by atoms with Crippen molar-refractivity contribution in [3.05, 3.63) is 29.3 Å². The van der Waals surface area contributed by atoms with Crippen molar-refractivity contribution < 1.29 is 28.7 Å². The fourth-order valence-corrected chi connectivity index (χ4v) is 1.72. The van der Waals surface area contributed by atoms with Crippen LogP contribution in [0, 0.1) is 0 Å².